The fourth-order valence-corrected chi connectivity index (χ4v) is 1.74. The number of hydrogen-bond donors (Lipinski definition) is 0. The largest absolute Gasteiger partial charge is 0.240 e. The zero-order valence-corrected chi connectivity index (χ0v) is 5.90. The van der Waals surface area contributed by atoms with Crippen molar-refractivity contribution in [1.82, 2.24) is 4.98 Å². The molecule has 0 aliphatic carbocycles. The lowest BCUT2D eigenvalue weighted by atomic mass is 10.4. The number of nitrogens with zero attached hydrogens (tertiary/aromatic N) is 2. The number of fused-ring (bicyclic) bond motifs is 1. The first kappa shape index (κ1) is 5.11. The van der Waals surface area contributed by atoms with Crippen molar-refractivity contribution in [3.05, 3.63) is 9.88 Å². The fourth-order valence-electron chi connectivity index (χ4n) is 0.907. The van der Waals surface area contributed by atoms with Gasteiger partial charge in [0.15, 0.2) is 5.82 Å². The van der Waals surface area contributed by atoms with E-state index in [0.29, 0.717) is 0 Å². The molecule has 0 unspecified atom stereocenters. The van der Waals surface area contributed by atoms with E-state index in [0.717, 1.165) is 17.2 Å². The van der Waals surface area contributed by atoms with Gasteiger partial charge in [-0.1, -0.05) is 0 Å². The van der Waals surface area contributed by atoms with Crippen molar-refractivity contribution >= 4 is 23.4 Å². The average Bonchev–Trinajstić information content (AvgIpc) is 2.22. The predicted molar refractivity (Wildman–Crippen MR) is 38.7 cm³/mol. The molecule has 0 spiro atoms. The van der Waals surface area contributed by atoms with E-state index < -0.39 is 0 Å². The summed E-state index contributed by atoms with van der Waals surface area (Å²) in [5.41, 5.74) is 0. The number of thiazole rings is 1. The molecule has 3 heteroatoms. The second-order valence-corrected chi connectivity index (χ2v) is 3.28. The van der Waals surface area contributed by atoms with Crippen molar-refractivity contribution in [2.45, 2.75) is 13.3 Å². The standard InChI is InChI=1S/C6H6N2S/c1-4-8-6-5(9-4)2-3-7-6/h3H,2H2,1H3. The molecule has 0 atom stereocenters. The van der Waals surface area contributed by atoms with E-state index in [1.807, 2.05) is 13.1 Å². The molecule has 0 fully saturated rings. The molecule has 0 bridgehead atoms. The van der Waals surface area contributed by atoms with Crippen molar-refractivity contribution in [3.8, 4) is 0 Å². The van der Waals surface area contributed by atoms with Gasteiger partial charge in [0.05, 0.1) is 9.88 Å². The molecule has 0 amide bonds. The van der Waals surface area contributed by atoms with Crippen LogP contribution in [-0.4, -0.2) is 11.2 Å². The van der Waals surface area contributed by atoms with Crippen LogP contribution >= 0.6 is 11.3 Å². The van der Waals surface area contributed by atoms with E-state index in [1.165, 1.54) is 4.88 Å². The molecule has 46 valence electrons. The van der Waals surface area contributed by atoms with Crippen LogP contribution in [0.5, 0.6) is 0 Å². The Bertz CT molecular complexity index is 262. The van der Waals surface area contributed by atoms with E-state index in [2.05, 4.69) is 9.98 Å². The van der Waals surface area contributed by atoms with Gasteiger partial charge in [-0.2, -0.15) is 0 Å². The number of hydrogen-bond acceptors (Lipinski definition) is 3. The Morgan fingerprint density at radius 2 is 2.56 bits per heavy atom. The van der Waals surface area contributed by atoms with Crippen LogP contribution < -0.4 is 0 Å². The first-order chi connectivity index (χ1) is 4.36. The maximum absolute atomic E-state index is 4.21. The Hall–Kier alpha value is -0.700. The van der Waals surface area contributed by atoms with Crippen LogP contribution in [0.1, 0.15) is 9.88 Å². The zero-order chi connectivity index (χ0) is 6.27. The van der Waals surface area contributed by atoms with E-state index >= 15 is 0 Å². The highest BCUT2D eigenvalue weighted by molar-refractivity contribution is 7.12. The van der Waals surface area contributed by atoms with Crippen molar-refractivity contribution in [3.63, 3.8) is 0 Å². The average molecular weight is 138 g/mol. The zero-order valence-electron chi connectivity index (χ0n) is 5.09. The molecule has 1 aromatic heterocycles. The van der Waals surface area contributed by atoms with Gasteiger partial charge in [-0.25, -0.2) is 9.98 Å². The normalized spacial score (nSPS) is 14.3. The van der Waals surface area contributed by atoms with Crippen LogP contribution in [0.15, 0.2) is 4.99 Å². The van der Waals surface area contributed by atoms with Gasteiger partial charge in [0.2, 0.25) is 0 Å². The first-order valence-electron chi connectivity index (χ1n) is 2.85. The van der Waals surface area contributed by atoms with Gasteiger partial charge in [0.25, 0.3) is 0 Å². The van der Waals surface area contributed by atoms with Crippen molar-refractivity contribution in [2.75, 3.05) is 0 Å². The van der Waals surface area contributed by atoms with E-state index in [4.69, 9.17) is 0 Å². The molecule has 1 aliphatic rings. The molecule has 0 saturated heterocycles. The summed E-state index contributed by atoms with van der Waals surface area (Å²) in [5.74, 6) is 0.942. The second kappa shape index (κ2) is 1.64. The third kappa shape index (κ3) is 0.685. The molecule has 0 N–H and O–H groups in total. The minimum absolute atomic E-state index is 0.942. The van der Waals surface area contributed by atoms with Gasteiger partial charge in [-0.05, 0) is 6.92 Å². The Kier molecular flexibility index (Phi) is 0.931. The Morgan fingerprint density at radius 3 is 3.33 bits per heavy atom. The molecule has 0 aromatic carbocycles. The maximum atomic E-state index is 4.21. The summed E-state index contributed by atoms with van der Waals surface area (Å²) < 4.78 is 0. The molecule has 2 rings (SSSR count). The predicted octanol–water partition coefficient (Wildman–Crippen LogP) is 1.71. The lowest BCUT2D eigenvalue weighted by Gasteiger charge is -1.75. The van der Waals surface area contributed by atoms with Crippen molar-refractivity contribution in [2.24, 2.45) is 4.99 Å². The molecule has 0 radical (unpaired) electrons. The van der Waals surface area contributed by atoms with Gasteiger partial charge in [0.1, 0.15) is 0 Å². The fraction of sp³-hybridized carbons (Fsp3) is 0.333. The molecule has 2 heterocycles. The lowest BCUT2D eigenvalue weighted by molar-refractivity contribution is 1.26. The summed E-state index contributed by atoms with van der Waals surface area (Å²) in [4.78, 5) is 9.62. The van der Waals surface area contributed by atoms with Crippen LogP contribution in [0.3, 0.4) is 0 Å². The highest BCUT2D eigenvalue weighted by Gasteiger charge is 2.09. The topological polar surface area (TPSA) is 25.2 Å². The molecule has 2 nitrogen and oxygen atoms in total. The summed E-state index contributed by atoms with van der Waals surface area (Å²) in [6.07, 6.45) is 2.90. The quantitative estimate of drug-likeness (QED) is 0.535. The van der Waals surface area contributed by atoms with Crippen LogP contribution in [0.4, 0.5) is 5.82 Å². The van der Waals surface area contributed by atoms with Gasteiger partial charge >= 0.3 is 0 Å². The van der Waals surface area contributed by atoms with E-state index in [-0.39, 0.29) is 0 Å². The Balaban J connectivity index is 2.61. The summed E-state index contributed by atoms with van der Waals surface area (Å²) >= 11 is 1.74. The van der Waals surface area contributed by atoms with Crippen LogP contribution in [0.2, 0.25) is 0 Å². The van der Waals surface area contributed by atoms with Gasteiger partial charge in [-0.3, -0.25) is 0 Å². The molecule has 1 aliphatic heterocycles. The monoisotopic (exact) mass is 138 g/mol. The molecular weight excluding hydrogens is 132 g/mol. The molecular formula is C6H6N2S. The number of aliphatic imine (C=N–C) groups is 1. The summed E-state index contributed by atoms with van der Waals surface area (Å²) in [6, 6.07) is 0. The second-order valence-electron chi connectivity index (χ2n) is 2.00. The van der Waals surface area contributed by atoms with Crippen LogP contribution in [0.25, 0.3) is 0 Å². The van der Waals surface area contributed by atoms with E-state index in [9.17, 15) is 0 Å². The van der Waals surface area contributed by atoms with Gasteiger partial charge < -0.3 is 0 Å². The minimum atomic E-state index is 0.942. The highest BCUT2D eigenvalue weighted by Crippen LogP contribution is 2.28. The number of aryl methyl sites for hydroxylation is 1. The highest BCUT2D eigenvalue weighted by atomic mass is 32.1. The van der Waals surface area contributed by atoms with Crippen molar-refractivity contribution in [1.29, 1.82) is 0 Å². The Labute approximate surface area is 57.3 Å². The smallest absolute Gasteiger partial charge is 0.166 e. The number of aromatic nitrogens is 1. The SMILES string of the molecule is Cc1nc2c(s1)CC=N2. The summed E-state index contributed by atoms with van der Waals surface area (Å²) in [7, 11) is 0. The number of rotatable bonds is 0. The van der Waals surface area contributed by atoms with E-state index in [1.54, 1.807) is 11.3 Å². The molecule has 0 saturated carbocycles. The van der Waals surface area contributed by atoms with Gasteiger partial charge in [0, 0.05) is 12.6 Å². The lowest BCUT2D eigenvalue weighted by Crippen LogP contribution is -1.68. The summed E-state index contributed by atoms with van der Waals surface area (Å²) in [6.45, 7) is 2.01. The third-order valence-electron chi connectivity index (χ3n) is 1.27. The minimum Gasteiger partial charge on any atom is -0.240 e. The van der Waals surface area contributed by atoms with Crippen LogP contribution in [-0.2, 0) is 6.42 Å². The summed E-state index contributed by atoms with van der Waals surface area (Å²) in [5, 5.41) is 1.12. The van der Waals surface area contributed by atoms with Crippen LogP contribution in [0, 0.1) is 6.92 Å². The molecule has 1 aromatic rings. The first-order valence-corrected chi connectivity index (χ1v) is 3.67. The third-order valence-corrected chi connectivity index (χ3v) is 2.26. The Morgan fingerprint density at radius 1 is 1.67 bits per heavy atom. The maximum Gasteiger partial charge on any atom is 0.166 e. The molecule has 9 heavy (non-hydrogen) atoms. The van der Waals surface area contributed by atoms with Gasteiger partial charge in [-0.15, -0.1) is 11.3 Å². The van der Waals surface area contributed by atoms with Crippen molar-refractivity contribution < 1.29 is 0 Å².